The molecule has 0 saturated carbocycles. The van der Waals surface area contributed by atoms with Gasteiger partial charge in [0, 0.05) is 11.5 Å². The summed E-state index contributed by atoms with van der Waals surface area (Å²) in [6, 6.07) is 21.1. The van der Waals surface area contributed by atoms with Crippen LogP contribution >= 0.6 is 15.9 Å². The number of alkyl halides is 1. The molecule has 0 radical (unpaired) electrons. The molecule has 3 aliphatic rings. The number of cyclic esters (lactones) is 1. The number of carbonyl (C=O) groups is 2. The second kappa shape index (κ2) is 10.9. The first-order chi connectivity index (χ1) is 21.4. The Kier molecular flexibility index (Phi) is 7.04. The van der Waals surface area contributed by atoms with Crippen molar-refractivity contribution >= 4 is 38.6 Å². The van der Waals surface area contributed by atoms with Crippen molar-refractivity contribution < 1.29 is 42.7 Å². The molecule has 0 bridgehead atoms. The predicted octanol–water partition coefficient (Wildman–Crippen LogP) is 5.87. The zero-order chi connectivity index (χ0) is 30.6. The summed E-state index contributed by atoms with van der Waals surface area (Å²) in [5.41, 5.74) is 2.99. The molecule has 1 saturated heterocycles. The Bertz CT molecular complexity index is 1770. The number of halogens is 1. The predicted molar refractivity (Wildman–Crippen MR) is 163 cm³/mol. The Hall–Kier alpha value is -4.44. The average Bonchev–Trinajstić information content (AvgIpc) is 3.62. The Labute approximate surface area is 262 Å². The largest absolute Gasteiger partial charge is 0.493 e. The highest BCUT2D eigenvalue weighted by atomic mass is 79.9. The minimum atomic E-state index is -1.29. The molecule has 4 atom stereocenters. The molecule has 10 heteroatoms. The van der Waals surface area contributed by atoms with Crippen molar-refractivity contribution in [1.29, 1.82) is 0 Å². The van der Waals surface area contributed by atoms with Crippen molar-refractivity contribution in [3.63, 3.8) is 0 Å². The molecule has 1 aliphatic carbocycles. The van der Waals surface area contributed by atoms with Gasteiger partial charge < -0.3 is 33.2 Å². The summed E-state index contributed by atoms with van der Waals surface area (Å²) in [6.45, 7) is 0.106. The fraction of sp³-hybridized carbons (Fsp3) is 0.294. The number of esters is 2. The first-order valence-corrected chi connectivity index (χ1v) is 14.9. The van der Waals surface area contributed by atoms with Crippen molar-refractivity contribution in [1.82, 2.24) is 0 Å². The lowest BCUT2D eigenvalue weighted by atomic mass is 9.66. The lowest BCUT2D eigenvalue weighted by molar-refractivity contribution is -0.153. The third-order valence-corrected chi connectivity index (χ3v) is 10.1. The molecule has 4 aromatic rings. The number of rotatable bonds is 7. The Morgan fingerprint density at radius 2 is 1.57 bits per heavy atom. The molecule has 2 heterocycles. The van der Waals surface area contributed by atoms with Gasteiger partial charge in [-0.1, -0.05) is 58.4 Å². The molecule has 0 amide bonds. The van der Waals surface area contributed by atoms with Gasteiger partial charge in [0.15, 0.2) is 23.0 Å². The summed E-state index contributed by atoms with van der Waals surface area (Å²) < 4.78 is 39.1. The molecule has 0 N–H and O–H groups in total. The smallest absolute Gasteiger partial charge is 0.324 e. The van der Waals surface area contributed by atoms with Crippen molar-refractivity contribution in [2.75, 3.05) is 34.7 Å². The van der Waals surface area contributed by atoms with E-state index in [2.05, 4.69) is 15.9 Å². The molecule has 0 aromatic heterocycles. The molecule has 4 aromatic carbocycles. The van der Waals surface area contributed by atoms with E-state index in [1.807, 2.05) is 66.7 Å². The maximum absolute atomic E-state index is 13.7. The highest BCUT2D eigenvalue weighted by molar-refractivity contribution is 9.10. The fourth-order valence-corrected chi connectivity index (χ4v) is 7.72. The van der Waals surface area contributed by atoms with Crippen molar-refractivity contribution in [2.45, 2.75) is 22.8 Å². The van der Waals surface area contributed by atoms with E-state index in [9.17, 15) is 9.59 Å². The zero-order valence-electron chi connectivity index (χ0n) is 24.3. The summed E-state index contributed by atoms with van der Waals surface area (Å²) in [4.78, 5) is 27.4. The van der Waals surface area contributed by atoms with Gasteiger partial charge >= 0.3 is 11.9 Å². The highest BCUT2D eigenvalue weighted by Gasteiger charge is 2.64. The zero-order valence-corrected chi connectivity index (χ0v) is 25.8. The van der Waals surface area contributed by atoms with Gasteiger partial charge in [-0.25, -0.2) is 0 Å². The van der Waals surface area contributed by atoms with Crippen LogP contribution in [0.15, 0.2) is 66.7 Å². The highest BCUT2D eigenvalue weighted by Crippen LogP contribution is 2.61. The normalized spacial score (nSPS) is 23.0. The van der Waals surface area contributed by atoms with Crippen LogP contribution in [0, 0.1) is 5.92 Å². The van der Waals surface area contributed by atoms with Crippen molar-refractivity contribution in [3.8, 4) is 28.7 Å². The van der Waals surface area contributed by atoms with E-state index >= 15 is 0 Å². The minimum absolute atomic E-state index is 0.0467. The molecular formula is C34H29BrO9. The summed E-state index contributed by atoms with van der Waals surface area (Å²) in [7, 11) is 4.61. The van der Waals surface area contributed by atoms with Gasteiger partial charge in [0.1, 0.15) is 17.0 Å². The summed E-state index contributed by atoms with van der Waals surface area (Å²) in [6.07, 6.45) is -0.753. The van der Waals surface area contributed by atoms with E-state index in [0.717, 1.165) is 21.9 Å². The molecule has 226 valence electrons. The van der Waals surface area contributed by atoms with E-state index in [4.69, 9.17) is 33.2 Å². The third-order valence-electron chi connectivity index (χ3n) is 8.72. The van der Waals surface area contributed by atoms with Gasteiger partial charge in [0.25, 0.3) is 0 Å². The van der Waals surface area contributed by atoms with Gasteiger partial charge in [-0.15, -0.1) is 0 Å². The Morgan fingerprint density at radius 1 is 0.886 bits per heavy atom. The average molecular weight is 662 g/mol. The van der Waals surface area contributed by atoms with Crippen LogP contribution in [0.25, 0.3) is 10.8 Å². The van der Waals surface area contributed by atoms with Gasteiger partial charge in [0.2, 0.25) is 12.5 Å². The Balaban J connectivity index is 1.36. The fourth-order valence-electron chi connectivity index (χ4n) is 6.72. The molecule has 44 heavy (non-hydrogen) atoms. The monoisotopic (exact) mass is 660 g/mol. The van der Waals surface area contributed by atoms with Crippen LogP contribution in [0.2, 0.25) is 0 Å². The lowest BCUT2D eigenvalue weighted by Gasteiger charge is -2.43. The Morgan fingerprint density at radius 3 is 2.27 bits per heavy atom. The van der Waals surface area contributed by atoms with Crippen LogP contribution in [0.5, 0.6) is 28.7 Å². The van der Waals surface area contributed by atoms with Crippen LogP contribution in [-0.4, -0.2) is 51.0 Å². The maximum atomic E-state index is 13.7. The summed E-state index contributed by atoms with van der Waals surface area (Å²) in [5, 5.41) is 2.02. The van der Waals surface area contributed by atoms with Crippen LogP contribution < -0.4 is 23.7 Å². The third kappa shape index (κ3) is 4.34. The molecule has 2 aliphatic heterocycles. The van der Waals surface area contributed by atoms with E-state index in [1.54, 1.807) is 0 Å². The van der Waals surface area contributed by atoms with Crippen LogP contribution in [0.4, 0.5) is 0 Å². The SMILES string of the molecule is COc1cc([C@@H]2c3cc4c(cc3[C@H](OC(=O)Cc3cccc5ccccc35)[C@H]3COC(=O)[C@]23Br)OCO4)cc(OC)c1OC. The number of fused-ring (bicyclic) bond motifs is 4. The number of methoxy groups -OCH3 is 3. The van der Waals surface area contributed by atoms with E-state index < -0.39 is 34.2 Å². The summed E-state index contributed by atoms with van der Waals surface area (Å²) in [5.74, 6) is 0.318. The topological polar surface area (TPSA) is 98.8 Å². The van der Waals surface area contributed by atoms with Gasteiger partial charge in [0.05, 0.1) is 33.7 Å². The maximum Gasteiger partial charge on any atom is 0.324 e. The molecule has 1 fully saturated rings. The number of ether oxygens (including phenoxy) is 7. The molecule has 9 nitrogen and oxygen atoms in total. The molecule has 7 rings (SSSR count). The van der Waals surface area contributed by atoms with Crippen LogP contribution in [-0.2, 0) is 25.5 Å². The number of hydrogen-bond donors (Lipinski definition) is 0. The van der Waals surface area contributed by atoms with Gasteiger partial charge in [-0.3, -0.25) is 9.59 Å². The van der Waals surface area contributed by atoms with E-state index in [1.165, 1.54) is 21.3 Å². The number of hydrogen-bond acceptors (Lipinski definition) is 9. The van der Waals surface area contributed by atoms with Crippen LogP contribution in [0.3, 0.4) is 0 Å². The molecular weight excluding hydrogens is 632 g/mol. The summed E-state index contributed by atoms with van der Waals surface area (Å²) >= 11 is 3.85. The molecule has 0 unspecified atom stereocenters. The first kappa shape index (κ1) is 28.3. The molecule has 0 spiro atoms. The quantitative estimate of drug-likeness (QED) is 0.178. The van der Waals surface area contributed by atoms with Crippen molar-refractivity contribution in [3.05, 3.63) is 89.0 Å². The standard InChI is InChI=1S/C34H29BrO9/c1-38-27-11-20(12-28(39-2)32(27)40-3)30-22-14-25-26(43-17-42-25)15-23(22)31(24-16-41-33(37)34(24,30)35)44-29(36)13-19-9-6-8-18-7-4-5-10-21(18)19/h4-12,14-15,24,30-31H,13,16-17H2,1-3H3/t24-,30-,31+,34-/m1/s1. The van der Waals surface area contributed by atoms with Crippen molar-refractivity contribution in [2.24, 2.45) is 5.92 Å². The van der Waals surface area contributed by atoms with Crippen LogP contribution in [0.1, 0.15) is 34.3 Å². The number of benzene rings is 4. The van der Waals surface area contributed by atoms with Gasteiger partial charge in [-0.05, 0) is 51.7 Å². The minimum Gasteiger partial charge on any atom is -0.493 e. The second-order valence-electron chi connectivity index (χ2n) is 10.9. The first-order valence-electron chi connectivity index (χ1n) is 14.1. The number of carbonyl (C=O) groups excluding carboxylic acids is 2. The lowest BCUT2D eigenvalue weighted by Crippen LogP contribution is -2.48. The van der Waals surface area contributed by atoms with E-state index in [0.29, 0.717) is 39.9 Å². The van der Waals surface area contributed by atoms with E-state index in [-0.39, 0.29) is 19.8 Å². The van der Waals surface area contributed by atoms with Gasteiger partial charge in [-0.2, -0.15) is 0 Å². The second-order valence-corrected chi connectivity index (χ2v) is 12.2.